The first kappa shape index (κ1) is 13.1. The van der Waals surface area contributed by atoms with E-state index in [4.69, 9.17) is 9.47 Å². The van der Waals surface area contributed by atoms with E-state index < -0.39 is 0 Å². The lowest BCUT2D eigenvalue weighted by atomic mass is 10.2. The largest absolute Gasteiger partial charge is 0.491 e. The van der Waals surface area contributed by atoms with Crippen LogP contribution in [0, 0.1) is 0 Å². The molecular formula is C14H19NO3. The summed E-state index contributed by atoms with van der Waals surface area (Å²) in [5, 5.41) is 0. The Hall–Kier alpha value is -1.39. The average molecular weight is 249 g/mol. The van der Waals surface area contributed by atoms with Crippen LogP contribution in [0.15, 0.2) is 24.3 Å². The molecule has 0 N–H and O–H groups in total. The Morgan fingerprint density at radius 2 is 2.22 bits per heavy atom. The van der Waals surface area contributed by atoms with Gasteiger partial charge in [0.15, 0.2) is 0 Å². The highest BCUT2D eigenvalue weighted by Gasteiger charge is 2.19. The van der Waals surface area contributed by atoms with Gasteiger partial charge >= 0.3 is 0 Å². The minimum atomic E-state index is 0.129. The highest BCUT2D eigenvalue weighted by Crippen LogP contribution is 2.13. The number of aldehydes is 1. The predicted octanol–water partition coefficient (Wildman–Crippen LogP) is 1.60. The molecule has 1 fully saturated rings. The Bertz CT molecular complexity index is 377. The van der Waals surface area contributed by atoms with Crippen LogP contribution >= 0.6 is 0 Å². The van der Waals surface area contributed by atoms with E-state index in [1.54, 1.807) is 12.1 Å². The summed E-state index contributed by atoms with van der Waals surface area (Å²) in [4.78, 5) is 12.9. The fraction of sp³-hybridized carbons (Fsp3) is 0.500. The third-order valence-electron chi connectivity index (χ3n) is 3.12. The fourth-order valence-electron chi connectivity index (χ4n) is 2.00. The number of hydrogen-bond acceptors (Lipinski definition) is 4. The molecule has 1 heterocycles. The molecule has 1 aliphatic rings. The molecule has 1 unspecified atom stereocenters. The molecule has 4 nitrogen and oxygen atoms in total. The number of benzene rings is 1. The normalized spacial score (nSPS) is 20.6. The van der Waals surface area contributed by atoms with Crippen molar-refractivity contribution in [3.63, 3.8) is 0 Å². The predicted molar refractivity (Wildman–Crippen MR) is 69.2 cm³/mol. The van der Waals surface area contributed by atoms with Crippen molar-refractivity contribution < 1.29 is 14.3 Å². The number of morpholine rings is 1. The van der Waals surface area contributed by atoms with Gasteiger partial charge in [0.1, 0.15) is 24.7 Å². The summed E-state index contributed by atoms with van der Waals surface area (Å²) in [5.74, 6) is 0.776. The van der Waals surface area contributed by atoms with Gasteiger partial charge in [0, 0.05) is 18.7 Å². The van der Waals surface area contributed by atoms with Crippen molar-refractivity contribution in [2.45, 2.75) is 13.0 Å². The van der Waals surface area contributed by atoms with Crippen LogP contribution in [-0.2, 0) is 4.74 Å². The summed E-state index contributed by atoms with van der Waals surface area (Å²) in [7, 11) is 0. The van der Waals surface area contributed by atoms with E-state index in [-0.39, 0.29) is 6.10 Å². The van der Waals surface area contributed by atoms with Crippen molar-refractivity contribution in [1.29, 1.82) is 0 Å². The zero-order chi connectivity index (χ0) is 12.8. The minimum absolute atomic E-state index is 0.129. The highest BCUT2D eigenvalue weighted by atomic mass is 16.5. The smallest absolute Gasteiger partial charge is 0.150 e. The van der Waals surface area contributed by atoms with Crippen molar-refractivity contribution in [3.8, 4) is 5.75 Å². The van der Waals surface area contributed by atoms with E-state index in [1.807, 2.05) is 12.1 Å². The summed E-state index contributed by atoms with van der Waals surface area (Å²) in [6, 6.07) is 7.12. The maximum Gasteiger partial charge on any atom is 0.150 e. The lowest BCUT2D eigenvalue weighted by Crippen LogP contribution is -2.44. The first-order valence-corrected chi connectivity index (χ1v) is 6.34. The first-order valence-electron chi connectivity index (χ1n) is 6.34. The molecule has 1 saturated heterocycles. The van der Waals surface area contributed by atoms with Gasteiger partial charge in [0.25, 0.3) is 0 Å². The Morgan fingerprint density at radius 3 is 2.89 bits per heavy atom. The van der Waals surface area contributed by atoms with Gasteiger partial charge in [0.2, 0.25) is 0 Å². The van der Waals surface area contributed by atoms with Crippen LogP contribution < -0.4 is 4.74 Å². The van der Waals surface area contributed by atoms with Crippen LogP contribution in [0.1, 0.15) is 17.3 Å². The molecule has 98 valence electrons. The van der Waals surface area contributed by atoms with Crippen LogP contribution in [-0.4, -0.2) is 50.1 Å². The van der Waals surface area contributed by atoms with Crippen molar-refractivity contribution >= 4 is 6.29 Å². The van der Waals surface area contributed by atoms with Crippen molar-refractivity contribution in [2.24, 2.45) is 0 Å². The summed E-state index contributed by atoms with van der Waals surface area (Å²) in [5.41, 5.74) is 0.661. The first-order chi connectivity index (χ1) is 8.81. The maximum atomic E-state index is 10.5. The monoisotopic (exact) mass is 249 g/mol. The van der Waals surface area contributed by atoms with Gasteiger partial charge in [-0.25, -0.2) is 0 Å². The van der Waals surface area contributed by atoms with E-state index in [0.29, 0.717) is 12.2 Å². The van der Waals surface area contributed by atoms with E-state index in [9.17, 15) is 4.79 Å². The minimum Gasteiger partial charge on any atom is -0.491 e. The number of rotatable bonds is 5. The van der Waals surface area contributed by atoms with Crippen molar-refractivity contribution in [2.75, 3.05) is 32.8 Å². The van der Waals surface area contributed by atoms with Crippen LogP contribution in [0.5, 0.6) is 5.75 Å². The SMILES string of the molecule is CCN1CCOC(COc2ccc(C=O)cc2)C1. The molecule has 1 aliphatic heterocycles. The zero-order valence-corrected chi connectivity index (χ0v) is 10.7. The van der Waals surface area contributed by atoms with E-state index in [1.165, 1.54) is 0 Å². The molecular weight excluding hydrogens is 230 g/mol. The third-order valence-corrected chi connectivity index (χ3v) is 3.12. The number of carbonyl (C=O) groups is 1. The molecule has 0 radical (unpaired) electrons. The zero-order valence-electron chi connectivity index (χ0n) is 10.7. The molecule has 1 atom stereocenters. The molecule has 1 aromatic carbocycles. The second-order valence-electron chi connectivity index (χ2n) is 4.38. The molecule has 18 heavy (non-hydrogen) atoms. The number of ether oxygens (including phenoxy) is 2. The molecule has 0 aliphatic carbocycles. The molecule has 0 saturated carbocycles. The van der Waals surface area contributed by atoms with Gasteiger partial charge in [-0.1, -0.05) is 6.92 Å². The van der Waals surface area contributed by atoms with E-state index >= 15 is 0 Å². The van der Waals surface area contributed by atoms with E-state index in [0.717, 1.165) is 38.3 Å². The Labute approximate surface area is 107 Å². The number of likely N-dealkylation sites (N-methyl/N-ethyl adjacent to an activating group) is 1. The Kier molecular flexibility index (Phi) is 4.73. The van der Waals surface area contributed by atoms with Gasteiger partial charge in [-0.05, 0) is 30.8 Å². The second-order valence-corrected chi connectivity index (χ2v) is 4.38. The number of nitrogens with zero attached hydrogens (tertiary/aromatic N) is 1. The van der Waals surface area contributed by atoms with Gasteiger partial charge in [-0.15, -0.1) is 0 Å². The lowest BCUT2D eigenvalue weighted by molar-refractivity contribution is -0.0464. The molecule has 0 aromatic heterocycles. The fourth-order valence-corrected chi connectivity index (χ4v) is 2.00. The van der Waals surface area contributed by atoms with Gasteiger partial charge in [-0.2, -0.15) is 0 Å². The van der Waals surface area contributed by atoms with Crippen molar-refractivity contribution in [1.82, 2.24) is 4.90 Å². The third kappa shape index (κ3) is 3.55. The van der Waals surface area contributed by atoms with Gasteiger partial charge in [-0.3, -0.25) is 9.69 Å². The molecule has 4 heteroatoms. The molecule has 1 aromatic rings. The Balaban J connectivity index is 1.81. The van der Waals surface area contributed by atoms with Crippen LogP contribution in [0.2, 0.25) is 0 Å². The number of carbonyl (C=O) groups excluding carboxylic acids is 1. The second kappa shape index (κ2) is 6.52. The Morgan fingerprint density at radius 1 is 1.44 bits per heavy atom. The van der Waals surface area contributed by atoms with E-state index in [2.05, 4.69) is 11.8 Å². The summed E-state index contributed by atoms with van der Waals surface area (Å²) >= 11 is 0. The van der Waals surface area contributed by atoms with Crippen LogP contribution in [0.25, 0.3) is 0 Å². The van der Waals surface area contributed by atoms with Crippen LogP contribution in [0.3, 0.4) is 0 Å². The standard InChI is InChI=1S/C14H19NO3/c1-2-15-7-8-17-14(9-15)11-18-13-5-3-12(10-16)4-6-13/h3-6,10,14H,2,7-9,11H2,1H3. The maximum absolute atomic E-state index is 10.5. The topological polar surface area (TPSA) is 38.8 Å². The molecule has 0 amide bonds. The summed E-state index contributed by atoms with van der Waals surface area (Å²) < 4.78 is 11.3. The summed E-state index contributed by atoms with van der Waals surface area (Å²) in [6.45, 7) is 6.45. The van der Waals surface area contributed by atoms with Gasteiger partial charge in [0.05, 0.1) is 6.61 Å². The van der Waals surface area contributed by atoms with Gasteiger partial charge < -0.3 is 9.47 Å². The quantitative estimate of drug-likeness (QED) is 0.743. The molecule has 0 spiro atoms. The summed E-state index contributed by atoms with van der Waals surface area (Å²) in [6.07, 6.45) is 0.956. The van der Waals surface area contributed by atoms with Crippen LogP contribution in [0.4, 0.5) is 0 Å². The molecule has 2 rings (SSSR count). The average Bonchev–Trinajstić information content (AvgIpc) is 2.46. The lowest BCUT2D eigenvalue weighted by Gasteiger charge is -2.31. The molecule has 0 bridgehead atoms. The number of hydrogen-bond donors (Lipinski definition) is 0. The van der Waals surface area contributed by atoms with Crippen molar-refractivity contribution in [3.05, 3.63) is 29.8 Å². The highest BCUT2D eigenvalue weighted by molar-refractivity contribution is 5.74.